The van der Waals surface area contributed by atoms with Crippen LogP contribution in [-0.2, 0) is 14.3 Å². The lowest BCUT2D eigenvalue weighted by Gasteiger charge is -2.11. The number of rotatable bonds is 6. The van der Waals surface area contributed by atoms with Crippen molar-refractivity contribution in [2.45, 2.75) is 18.9 Å². The molecule has 1 aromatic heterocycles. The smallest absolute Gasteiger partial charge is 0.253 e. The lowest BCUT2D eigenvalue weighted by Crippen LogP contribution is -2.32. The highest BCUT2D eigenvalue weighted by atomic mass is 16.5. The summed E-state index contributed by atoms with van der Waals surface area (Å²) in [5.41, 5.74) is 1.62. The van der Waals surface area contributed by atoms with E-state index >= 15 is 0 Å². The van der Waals surface area contributed by atoms with Gasteiger partial charge in [0, 0.05) is 35.9 Å². The number of benzene rings is 1. The molecule has 1 fully saturated rings. The number of carbonyl (C=O) groups excluding carboxylic acids is 3. The topological polar surface area (TPSA) is 109 Å². The van der Waals surface area contributed by atoms with Crippen molar-refractivity contribution < 1.29 is 19.1 Å². The van der Waals surface area contributed by atoms with Crippen LogP contribution in [0.5, 0.6) is 0 Å². The van der Waals surface area contributed by atoms with Crippen LogP contribution >= 0.6 is 0 Å². The van der Waals surface area contributed by atoms with Crippen molar-refractivity contribution in [3.63, 3.8) is 0 Å². The van der Waals surface area contributed by atoms with Crippen molar-refractivity contribution >= 4 is 29.1 Å². The van der Waals surface area contributed by atoms with E-state index in [1.807, 2.05) is 0 Å². The molecule has 3 rings (SSSR count). The molecule has 3 N–H and O–H groups in total. The Balaban J connectivity index is 1.45. The number of nitrogens with zero attached hydrogens (tertiary/aromatic N) is 1. The highest BCUT2D eigenvalue weighted by Crippen LogP contribution is 2.17. The van der Waals surface area contributed by atoms with Crippen molar-refractivity contribution in [2.75, 3.05) is 23.8 Å². The van der Waals surface area contributed by atoms with Crippen LogP contribution in [0.25, 0.3) is 0 Å². The third-order valence-electron chi connectivity index (χ3n) is 4.01. The standard InChI is InChI=1S/C19H20N4O4/c24-17(12-21-18(25)13-7-9-20-10-8-13)22-14-3-5-15(6-4-14)23-19(26)16-2-1-11-27-16/h3-10,16H,1-2,11-12H2,(H,21,25)(H,22,24)(H,23,26)/t16-/m1/s1. The van der Waals surface area contributed by atoms with Gasteiger partial charge in [-0.05, 0) is 49.2 Å². The van der Waals surface area contributed by atoms with Crippen molar-refractivity contribution in [1.29, 1.82) is 0 Å². The van der Waals surface area contributed by atoms with Crippen molar-refractivity contribution in [3.8, 4) is 0 Å². The molecule has 2 heterocycles. The molecule has 8 heteroatoms. The monoisotopic (exact) mass is 368 g/mol. The quantitative estimate of drug-likeness (QED) is 0.717. The molecule has 0 aliphatic carbocycles. The first-order chi connectivity index (χ1) is 13.1. The predicted molar refractivity (Wildman–Crippen MR) is 99.2 cm³/mol. The SMILES string of the molecule is O=C(CNC(=O)c1ccncc1)Nc1ccc(NC(=O)[C@H]2CCCO2)cc1. The Bertz CT molecular complexity index is 802. The molecule has 1 saturated heterocycles. The molecule has 8 nitrogen and oxygen atoms in total. The molecule has 1 atom stereocenters. The number of nitrogens with one attached hydrogen (secondary N) is 3. The first-order valence-electron chi connectivity index (χ1n) is 8.62. The van der Waals surface area contributed by atoms with Crippen molar-refractivity contribution in [3.05, 3.63) is 54.4 Å². The second-order valence-corrected chi connectivity index (χ2v) is 6.04. The van der Waals surface area contributed by atoms with E-state index in [9.17, 15) is 14.4 Å². The zero-order valence-corrected chi connectivity index (χ0v) is 14.6. The molecular formula is C19H20N4O4. The normalized spacial score (nSPS) is 15.8. The second-order valence-electron chi connectivity index (χ2n) is 6.04. The van der Waals surface area contributed by atoms with Crippen LogP contribution in [0.2, 0.25) is 0 Å². The minimum atomic E-state index is -0.395. The van der Waals surface area contributed by atoms with Crippen LogP contribution < -0.4 is 16.0 Å². The number of amides is 3. The minimum Gasteiger partial charge on any atom is -0.368 e. The first-order valence-corrected chi connectivity index (χ1v) is 8.62. The third-order valence-corrected chi connectivity index (χ3v) is 4.01. The molecule has 27 heavy (non-hydrogen) atoms. The number of ether oxygens (including phenoxy) is 1. The maximum Gasteiger partial charge on any atom is 0.253 e. The second kappa shape index (κ2) is 8.91. The zero-order valence-electron chi connectivity index (χ0n) is 14.6. The van der Waals surface area contributed by atoms with E-state index in [2.05, 4.69) is 20.9 Å². The fourth-order valence-corrected chi connectivity index (χ4v) is 2.62. The van der Waals surface area contributed by atoms with Gasteiger partial charge in [-0.15, -0.1) is 0 Å². The summed E-state index contributed by atoms with van der Waals surface area (Å²) < 4.78 is 5.33. The summed E-state index contributed by atoms with van der Waals surface area (Å²) in [7, 11) is 0. The third kappa shape index (κ3) is 5.35. The molecule has 1 aromatic carbocycles. The maximum atomic E-state index is 12.0. The Hall–Kier alpha value is -3.26. The summed E-state index contributed by atoms with van der Waals surface area (Å²) in [6.07, 6.45) is 4.24. The number of pyridine rings is 1. The first kappa shape index (κ1) is 18.5. The average molecular weight is 368 g/mol. The molecule has 140 valence electrons. The van der Waals surface area contributed by atoms with Gasteiger partial charge in [-0.1, -0.05) is 0 Å². The van der Waals surface area contributed by atoms with E-state index in [1.54, 1.807) is 36.4 Å². The van der Waals surface area contributed by atoms with Gasteiger partial charge >= 0.3 is 0 Å². The largest absolute Gasteiger partial charge is 0.368 e. The van der Waals surface area contributed by atoms with E-state index in [-0.39, 0.29) is 24.3 Å². The summed E-state index contributed by atoms with van der Waals surface area (Å²) in [6.45, 7) is 0.458. The van der Waals surface area contributed by atoms with Crippen molar-refractivity contribution in [2.24, 2.45) is 0 Å². The van der Waals surface area contributed by atoms with Gasteiger partial charge in [0.15, 0.2) is 0 Å². The van der Waals surface area contributed by atoms with Crippen LogP contribution in [0.4, 0.5) is 11.4 Å². The summed E-state index contributed by atoms with van der Waals surface area (Å²) in [6, 6.07) is 9.87. The summed E-state index contributed by atoms with van der Waals surface area (Å²) in [5.74, 6) is -0.864. The molecule has 2 aromatic rings. The van der Waals surface area contributed by atoms with Gasteiger partial charge in [0.1, 0.15) is 6.10 Å². The number of hydrogen-bond donors (Lipinski definition) is 3. The molecule has 0 bridgehead atoms. The highest BCUT2D eigenvalue weighted by molar-refractivity contribution is 5.99. The Kier molecular flexibility index (Phi) is 6.11. The van der Waals surface area contributed by atoms with Gasteiger partial charge in [0.25, 0.3) is 11.8 Å². The number of carbonyl (C=O) groups is 3. The van der Waals surface area contributed by atoms with E-state index in [1.165, 1.54) is 12.4 Å². The molecule has 1 aliphatic heterocycles. The van der Waals surface area contributed by atoms with Crippen LogP contribution in [-0.4, -0.2) is 42.0 Å². The number of hydrogen-bond acceptors (Lipinski definition) is 5. The maximum absolute atomic E-state index is 12.0. The predicted octanol–water partition coefficient (Wildman–Crippen LogP) is 1.57. The van der Waals surface area contributed by atoms with E-state index in [0.717, 1.165) is 12.8 Å². The molecule has 0 spiro atoms. The van der Waals surface area contributed by atoms with Gasteiger partial charge in [0.05, 0.1) is 6.54 Å². The van der Waals surface area contributed by atoms with Crippen LogP contribution in [0.1, 0.15) is 23.2 Å². The average Bonchev–Trinajstić information content (AvgIpc) is 3.23. The number of anilines is 2. The lowest BCUT2D eigenvalue weighted by molar-refractivity contribution is -0.124. The molecule has 0 unspecified atom stereocenters. The van der Waals surface area contributed by atoms with Crippen LogP contribution in [0.3, 0.4) is 0 Å². The van der Waals surface area contributed by atoms with Crippen LogP contribution in [0, 0.1) is 0 Å². The van der Waals surface area contributed by atoms with Gasteiger partial charge in [-0.2, -0.15) is 0 Å². The Morgan fingerprint density at radius 2 is 1.67 bits per heavy atom. The van der Waals surface area contributed by atoms with Gasteiger partial charge in [-0.3, -0.25) is 19.4 Å². The number of aromatic nitrogens is 1. The summed E-state index contributed by atoms with van der Waals surface area (Å²) in [4.78, 5) is 39.7. The molecule has 0 saturated carbocycles. The van der Waals surface area contributed by atoms with Crippen molar-refractivity contribution in [1.82, 2.24) is 10.3 Å². The van der Waals surface area contributed by atoms with Crippen LogP contribution in [0.15, 0.2) is 48.8 Å². The van der Waals surface area contributed by atoms with Gasteiger partial charge < -0.3 is 20.7 Å². The van der Waals surface area contributed by atoms with Gasteiger partial charge in [-0.25, -0.2) is 0 Å². The minimum absolute atomic E-state index is 0.154. The zero-order chi connectivity index (χ0) is 19.1. The lowest BCUT2D eigenvalue weighted by atomic mass is 10.2. The summed E-state index contributed by atoms with van der Waals surface area (Å²) in [5, 5.41) is 8.00. The fourth-order valence-electron chi connectivity index (χ4n) is 2.62. The molecular weight excluding hydrogens is 348 g/mol. The van der Waals surface area contributed by atoms with Gasteiger partial charge in [0.2, 0.25) is 5.91 Å². The molecule has 0 radical (unpaired) electrons. The van der Waals surface area contributed by atoms with E-state index < -0.39 is 6.10 Å². The van der Waals surface area contributed by atoms with E-state index in [4.69, 9.17) is 4.74 Å². The molecule has 1 aliphatic rings. The molecule has 3 amide bonds. The summed E-state index contributed by atoms with van der Waals surface area (Å²) >= 11 is 0. The van der Waals surface area contributed by atoms with E-state index in [0.29, 0.717) is 23.5 Å². The fraction of sp³-hybridized carbons (Fsp3) is 0.263. The Morgan fingerprint density at radius 3 is 2.30 bits per heavy atom. The highest BCUT2D eigenvalue weighted by Gasteiger charge is 2.23. The Morgan fingerprint density at radius 1 is 1.00 bits per heavy atom. The Labute approximate surface area is 156 Å².